The minimum Gasteiger partial charge on any atom is -0.326 e. The van der Waals surface area contributed by atoms with Crippen LogP contribution in [-0.4, -0.2) is 31.1 Å². The topological polar surface area (TPSA) is 29.3 Å². The van der Waals surface area contributed by atoms with Crippen molar-refractivity contribution in [2.75, 3.05) is 14.1 Å². The number of nitrogens with zero attached hydrogens (tertiary/aromatic N) is 1. The van der Waals surface area contributed by atoms with Gasteiger partial charge < -0.3 is 10.6 Å². The molecule has 0 bridgehead atoms. The number of hydrogen-bond donors (Lipinski definition) is 1. The molecule has 0 spiro atoms. The Balaban J connectivity index is 2.40. The summed E-state index contributed by atoms with van der Waals surface area (Å²) in [6, 6.07) is 1.07. The molecule has 0 aliphatic heterocycles. The van der Waals surface area contributed by atoms with Crippen LogP contribution >= 0.6 is 0 Å². The van der Waals surface area contributed by atoms with Gasteiger partial charge in [0.15, 0.2) is 0 Å². The van der Waals surface area contributed by atoms with Gasteiger partial charge in [0.1, 0.15) is 0 Å². The first kappa shape index (κ1) is 7.03. The molecule has 2 N–H and O–H groups in total. The van der Waals surface area contributed by atoms with E-state index in [1.165, 1.54) is 19.3 Å². The Morgan fingerprint density at radius 2 is 2.00 bits per heavy atom. The van der Waals surface area contributed by atoms with Crippen molar-refractivity contribution in [1.82, 2.24) is 4.90 Å². The van der Waals surface area contributed by atoms with Crippen molar-refractivity contribution in [2.45, 2.75) is 31.3 Å². The first-order chi connectivity index (χ1) is 4.22. The van der Waals surface area contributed by atoms with E-state index in [2.05, 4.69) is 19.0 Å². The Kier molecular flexibility index (Phi) is 2.09. The van der Waals surface area contributed by atoms with Gasteiger partial charge >= 0.3 is 0 Å². The Morgan fingerprint density at radius 3 is 2.22 bits per heavy atom. The maximum Gasteiger partial charge on any atom is 0.0241 e. The molecule has 0 unspecified atom stereocenters. The zero-order valence-corrected chi connectivity index (χ0v) is 6.30. The molecule has 9 heavy (non-hydrogen) atoms. The highest BCUT2D eigenvalue weighted by molar-refractivity contribution is 4.85. The molecule has 2 heteroatoms. The third-order valence-corrected chi connectivity index (χ3v) is 2.19. The van der Waals surface area contributed by atoms with E-state index in [4.69, 9.17) is 5.73 Å². The molecule has 1 saturated carbocycles. The lowest BCUT2D eigenvalue weighted by atomic mass is 10.2. The van der Waals surface area contributed by atoms with Gasteiger partial charge in [0.05, 0.1) is 0 Å². The first-order valence-electron chi connectivity index (χ1n) is 3.64. The minimum atomic E-state index is 0.431. The summed E-state index contributed by atoms with van der Waals surface area (Å²) in [5.41, 5.74) is 5.84. The molecule has 0 heterocycles. The number of rotatable bonds is 1. The van der Waals surface area contributed by atoms with Crippen LogP contribution in [0.1, 0.15) is 19.3 Å². The molecule has 54 valence electrons. The summed E-state index contributed by atoms with van der Waals surface area (Å²) < 4.78 is 0. The Bertz CT molecular complexity index is 90.9. The van der Waals surface area contributed by atoms with Crippen LogP contribution in [0.25, 0.3) is 0 Å². The van der Waals surface area contributed by atoms with Crippen molar-refractivity contribution in [3.05, 3.63) is 0 Å². The molecule has 2 nitrogen and oxygen atoms in total. The molecular formula is C7H16N2. The van der Waals surface area contributed by atoms with Gasteiger partial charge in [-0.05, 0) is 26.9 Å². The standard InChI is InChI=1S/C7H16N2/c1-9(2)7-5-3-4-6(7)8/h6-7H,3-5,8H2,1-2H3/t6-,7+/m0/s1. The van der Waals surface area contributed by atoms with Crippen LogP contribution in [-0.2, 0) is 0 Å². The molecule has 2 atom stereocenters. The molecule has 0 radical (unpaired) electrons. The lowest BCUT2D eigenvalue weighted by molar-refractivity contribution is 0.277. The Labute approximate surface area is 57.0 Å². The smallest absolute Gasteiger partial charge is 0.0241 e. The van der Waals surface area contributed by atoms with Crippen molar-refractivity contribution < 1.29 is 0 Å². The van der Waals surface area contributed by atoms with E-state index in [0.717, 1.165) is 0 Å². The summed E-state index contributed by atoms with van der Waals surface area (Å²) in [6.45, 7) is 0. The summed E-state index contributed by atoms with van der Waals surface area (Å²) >= 11 is 0. The van der Waals surface area contributed by atoms with Gasteiger partial charge in [0.2, 0.25) is 0 Å². The van der Waals surface area contributed by atoms with Crippen LogP contribution in [0.2, 0.25) is 0 Å². The molecule has 0 aromatic rings. The lowest BCUT2D eigenvalue weighted by Gasteiger charge is -2.22. The first-order valence-corrected chi connectivity index (χ1v) is 3.64. The summed E-state index contributed by atoms with van der Waals surface area (Å²) in [4.78, 5) is 2.23. The molecule has 1 aliphatic rings. The van der Waals surface area contributed by atoms with Crippen LogP contribution in [0.3, 0.4) is 0 Å². The maximum atomic E-state index is 5.84. The molecule has 0 amide bonds. The minimum absolute atomic E-state index is 0.431. The van der Waals surface area contributed by atoms with E-state index >= 15 is 0 Å². The summed E-state index contributed by atoms with van der Waals surface area (Å²) in [6.07, 6.45) is 3.81. The SMILES string of the molecule is CN(C)[C@@H]1CCC[C@@H]1N. The largest absolute Gasteiger partial charge is 0.326 e. The van der Waals surface area contributed by atoms with E-state index in [9.17, 15) is 0 Å². The van der Waals surface area contributed by atoms with Crippen LogP contribution < -0.4 is 5.73 Å². The third-order valence-electron chi connectivity index (χ3n) is 2.19. The van der Waals surface area contributed by atoms with Crippen LogP contribution in [0.15, 0.2) is 0 Å². The predicted molar refractivity (Wildman–Crippen MR) is 39.3 cm³/mol. The van der Waals surface area contributed by atoms with Gasteiger partial charge in [-0.15, -0.1) is 0 Å². The Morgan fingerprint density at radius 1 is 1.33 bits per heavy atom. The fourth-order valence-corrected chi connectivity index (χ4v) is 1.61. The van der Waals surface area contributed by atoms with E-state index in [1.54, 1.807) is 0 Å². The van der Waals surface area contributed by atoms with E-state index in [1.807, 2.05) is 0 Å². The fourth-order valence-electron chi connectivity index (χ4n) is 1.61. The summed E-state index contributed by atoms with van der Waals surface area (Å²) in [5.74, 6) is 0. The number of hydrogen-bond acceptors (Lipinski definition) is 2. The monoisotopic (exact) mass is 128 g/mol. The predicted octanol–water partition coefficient (Wildman–Crippen LogP) is 0.428. The average Bonchev–Trinajstić information content (AvgIpc) is 2.13. The lowest BCUT2D eigenvalue weighted by Crippen LogP contribution is -2.39. The van der Waals surface area contributed by atoms with Gasteiger partial charge in [0, 0.05) is 12.1 Å². The van der Waals surface area contributed by atoms with Crippen LogP contribution in [0, 0.1) is 0 Å². The number of likely N-dealkylation sites (N-methyl/N-ethyl adjacent to an activating group) is 1. The summed E-state index contributed by atoms with van der Waals surface area (Å²) in [5, 5.41) is 0. The van der Waals surface area contributed by atoms with E-state index in [0.29, 0.717) is 12.1 Å². The normalized spacial score (nSPS) is 36.0. The van der Waals surface area contributed by atoms with Crippen molar-refractivity contribution in [3.63, 3.8) is 0 Å². The molecule has 0 aromatic heterocycles. The van der Waals surface area contributed by atoms with Gasteiger partial charge in [-0.2, -0.15) is 0 Å². The van der Waals surface area contributed by atoms with Crippen LogP contribution in [0.5, 0.6) is 0 Å². The highest BCUT2D eigenvalue weighted by atomic mass is 15.1. The van der Waals surface area contributed by atoms with Crippen molar-refractivity contribution in [2.24, 2.45) is 5.73 Å². The molecule has 0 saturated heterocycles. The van der Waals surface area contributed by atoms with Crippen molar-refractivity contribution >= 4 is 0 Å². The zero-order valence-electron chi connectivity index (χ0n) is 6.30. The molecular weight excluding hydrogens is 112 g/mol. The van der Waals surface area contributed by atoms with E-state index < -0.39 is 0 Å². The second-order valence-electron chi connectivity index (χ2n) is 3.13. The second-order valence-corrected chi connectivity index (χ2v) is 3.13. The van der Waals surface area contributed by atoms with Crippen molar-refractivity contribution in [1.29, 1.82) is 0 Å². The van der Waals surface area contributed by atoms with Crippen molar-refractivity contribution in [3.8, 4) is 0 Å². The zero-order chi connectivity index (χ0) is 6.85. The van der Waals surface area contributed by atoms with Gasteiger partial charge in [-0.25, -0.2) is 0 Å². The molecule has 0 aromatic carbocycles. The van der Waals surface area contributed by atoms with Gasteiger partial charge in [0.25, 0.3) is 0 Å². The summed E-state index contributed by atoms with van der Waals surface area (Å²) in [7, 11) is 4.21. The van der Waals surface area contributed by atoms with Crippen LogP contribution in [0.4, 0.5) is 0 Å². The van der Waals surface area contributed by atoms with Gasteiger partial charge in [-0.3, -0.25) is 0 Å². The maximum absolute atomic E-state index is 5.84. The highest BCUT2D eigenvalue weighted by Gasteiger charge is 2.24. The third kappa shape index (κ3) is 1.43. The fraction of sp³-hybridized carbons (Fsp3) is 1.00. The highest BCUT2D eigenvalue weighted by Crippen LogP contribution is 2.20. The Hall–Kier alpha value is -0.0800. The molecule has 1 rings (SSSR count). The van der Waals surface area contributed by atoms with Gasteiger partial charge in [-0.1, -0.05) is 6.42 Å². The van der Waals surface area contributed by atoms with E-state index in [-0.39, 0.29) is 0 Å². The quantitative estimate of drug-likeness (QED) is 0.555. The average molecular weight is 128 g/mol. The second kappa shape index (κ2) is 2.67. The number of nitrogens with two attached hydrogens (primary N) is 1. The molecule has 1 fully saturated rings. The molecule has 1 aliphatic carbocycles.